The quantitative estimate of drug-likeness (QED) is 0.434. The molecular weight excluding hydrogens is 477 g/mol. The first kappa shape index (κ1) is 24.6. The summed E-state index contributed by atoms with van der Waals surface area (Å²) in [5.74, 6) is -0.893. The number of aryl methyl sites for hydroxylation is 2. The molecule has 0 aliphatic heterocycles. The highest BCUT2D eigenvalue weighted by Gasteiger charge is 2.28. The molecule has 1 aliphatic rings. The first-order valence-corrected chi connectivity index (χ1v) is 13.4. The Morgan fingerprint density at radius 3 is 2.62 bits per heavy atom. The van der Waals surface area contributed by atoms with E-state index < -0.39 is 21.8 Å². The first-order valence-electron chi connectivity index (χ1n) is 11.3. The van der Waals surface area contributed by atoms with E-state index >= 15 is 0 Å². The Hall–Kier alpha value is -2.55. The van der Waals surface area contributed by atoms with Gasteiger partial charge in [0.25, 0.3) is 0 Å². The van der Waals surface area contributed by atoms with Crippen molar-refractivity contribution in [1.29, 1.82) is 0 Å². The second-order valence-corrected chi connectivity index (χ2v) is 11.1. The van der Waals surface area contributed by atoms with E-state index in [1.807, 2.05) is 22.9 Å². The van der Waals surface area contributed by atoms with Gasteiger partial charge in [0.1, 0.15) is 11.6 Å². The zero-order valence-corrected chi connectivity index (χ0v) is 20.4. The molecule has 3 aromatic rings. The molecule has 1 saturated carbocycles. The smallest absolute Gasteiger partial charge is 0.209 e. The van der Waals surface area contributed by atoms with Crippen LogP contribution in [0.25, 0.3) is 5.69 Å². The van der Waals surface area contributed by atoms with Gasteiger partial charge in [-0.2, -0.15) is 5.10 Å². The third kappa shape index (κ3) is 6.11. The number of aromatic nitrogens is 2. The zero-order valence-electron chi connectivity index (χ0n) is 18.9. The Balaban J connectivity index is 1.46. The molecule has 1 aliphatic carbocycles. The summed E-state index contributed by atoms with van der Waals surface area (Å²) in [6.07, 6.45) is 3.03. The molecule has 4 rings (SSSR count). The highest BCUT2D eigenvalue weighted by molar-refractivity contribution is 7.89. The Morgan fingerprint density at radius 1 is 1.21 bits per heavy atom. The standard InChI is InChI=1S/C25H27ClFN3O3S/c1-16(19-8-5-17(23(27)13-19)11-12-34(28,32)33)25(31)10-9-22-15-24(18-6-7-18)29-30(22)21-4-2-3-20(26)14-21/h2-5,8,13-16,18H,6-7,9-12H2,1H3,(H2,28,32,33). The molecule has 1 atom stereocenters. The number of sulfonamides is 1. The molecule has 1 unspecified atom stereocenters. The van der Waals surface area contributed by atoms with Crippen LogP contribution in [0.2, 0.25) is 5.02 Å². The number of hydrogen-bond donors (Lipinski definition) is 1. The number of carbonyl (C=O) groups excluding carboxylic acids is 1. The fourth-order valence-corrected chi connectivity index (χ4v) is 4.66. The molecule has 1 aromatic heterocycles. The SMILES string of the molecule is CC(C(=O)CCc1cc(C2CC2)nn1-c1cccc(Cl)c1)c1ccc(CCS(N)(=O)=O)c(F)c1. The van der Waals surface area contributed by atoms with Crippen molar-refractivity contribution in [2.45, 2.75) is 50.9 Å². The number of nitrogens with two attached hydrogens (primary N) is 1. The molecule has 0 spiro atoms. The van der Waals surface area contributed by atoms with E-state index in [1.165, 1.54) is 12.1 Å². The van der Waals surface area contributed by atoms with Gasteiger partial charge in [-0.3, -0.25) is 4.79 Å². The summed E-state index contributed by atoms with van der Waals surface area (Å²) in [5.41, 5.74) is 3.65. The molecule has 9 heteroatoms. The van der Waals surface area contributed by atoms with Crippen molar-refractivity contribution in [3.05, 3.63) is 81.9 Å². The summed E-state index contributed by atoms with van der Waals surface area (Å²) in [6.45, 7) is 1.75. The van der Waals surface area contributed by atoms with E-state index in [9.17, 15) is 17.6 Å². The fraction of sp³-hybridized carbons (Fsp3) is 0.360. The summed E-state index contributed by atoms with van der Waals surface area (Å²) in [4.78, 5) is 13.0. The number of halogens is 2. The van der Waals surface area contributed by atoms with Crippen molar-refractivity contribution in [2.24, 2.45) is 5.14 Å². The van der Waals surface area contributed by atoms with Crippen LogP contribution >= 0.6 is 11.6 Å². The number of primary sulfonamides is 1. The number of benzene rings is 2. The maximum atomic E-state index is 14.5. The van der Waals surface area contributed by atoms with Crippen molar-refractivity contribution < 1.29 is 17.6 Å². The predicted octanol–water partition coefficient (Wildman–Crippen LogP) is 4.68. The van der Waals surface area contributed by atoms with Crippen molar-refractivity contribution in [3.63, 3.8) is 0 Å². The lowest BCUT2D eigenvalue weighted by Crippen LogP contribution is -2.18. The number of nitrogens with zero attached hydrogens (tertiary/aromatic N) is 2. The van der Waals surface area contributed by atoms with Crippen molar-refractivity contribution in [2.75, 3.05) is 5.75 Å². The monoisotopic (exact) mass is 503 g/mol. The van der Waals surface area contributed by atoms with Crippen LogP contribution in [0, 0.1) is 5.82 Å². The van der Waals surface area contributed by atoms with E-state index in [1.54, 1.807) is 19.1 Å². The highest BCUT2D eigenvalue weighted by atomic mass is 35.5. The minimum atomic E-state index is -3.67. The molecule has 0 radical (unpaired) electrons. The summed E-state index contributed by atoms with van der Waals surface area (Å²) < 4.78 is 38.6. The molecule has 34 heavy (non-hydrogen) atoms. The number of rotatable bonds is 10. The van der Waals surface area contributed by atoms with Crippen molar-refractivity contribution in [1.82, 2.24) is 9.78 Å². The lowest BCUT2D eigenvalue weighted by molar-refractivity contribution is -0.120. The van der Waals surface area contributed by atoms with Crippen LogP contribution in [0.3, 0.4) is 0 Å². The number of ketones is 1. The third-order valence-corrected chi connectivity index (χ3v) is 7.20. The number of carbonyl (C=O) groups is 1. The molecule has 0 amide bonds. The first-order chi connectivity index (χ1) is 16.1. The highest BCUT2D eigenvalue weighted by Crippen LogP contribution is 2.40. The average molecular weight is 504 g/mol. The number of Topliss-reactive ketones (excluding diaryl/α,β-unsaturated/α-hetero) is 1. The maximum absolute atomic E-state index is 14.5. The van der Waals surface area contributed by atoms with Gasteiger partial charge in [-0.1, -0.05) is 36.7 Å². The average Bonchev–Trinajstić information content (AvgIpc) is 3.55. The minimum Gasteiger partial charge on any atom is -0.299 e. The summed E-state index contributed by atoms with van der Waals surface area (Å²) in [6, 6.07) is 14.0. The van der Waals surface area contributed by atoms with Gasteiger partial charge >= 0.3 is 0 Å². The van der Waals surface area contributed by atoms with Gasteiger partial charge in [-0.05, 0) is 67.1 Å². The van der Waals surface area contributed by atoms with Gasteiger partial charge in [0.15, 0.2) is 0 Å². The predicted molar refractivity (Wildman–Crippen MR) is 130 cm³/mol. The Morgan fingerprint density at radius 2 is 1.97 bits per heavy atom. The molecule has 1 fully saturated rings. The minimum absolute atomic E-state index is 0.00983. The van der Waals surface area contributed by atoms with E-state index in [4.69, 9.17) is 21.8 Å². The van der Waals surface area contributed by atoms with Gasteiger partial charge in [-0.25, -0.2) is 22.6 Å². The largest absolute Gasteiger partial charge is 0.299 e. The molecule has 2 aromatic carbocycles. The second kappa shape index (κ2) is 9.98. The molecule has 0 bridgehead atoms. The van der Waals surface area contributed by atoms with Gasteiger partial charge in [0.05, 0.1) is 17.1 Å². The van der Waals surface area contributed by atoms with Gasteiger partial charge in [0, 0.05) is 29.0 Å². The Bertz CT molecular complexity index is 1320. The van der Waals surface area contributed by atoms with E-state index in [2.05, 4.69) is 6.07 Å². The Labute approximate surface area is 204 Å². The van der Waals surface area contributed by atoms with E-state index in [0.29, 0.717) is 22.9 Å². The molecule has 0 saturated heterocycles. The van der Waals surface area contributed by atoms with Gasteiger partial charge in [0.2, 0.25) is 10.0 Å². The van der Waals surface area contributed by atoms with Gasteiger partial charge in [-0.15, -0.1) is 0 Å². The lowest BCUT2D eigenvalue weighted by atomic mass is 9.92. The van der Waals surface area contributed by atoms with Gasteiger partial charge < -0.3 is 0 Å². The second-order valence-electron chi connectivity index (χ2n) is 8.88. The summed E-state index contributed by atoms with van der Waals surface area (Å²) in [7, 11) is -3.67. The van der Waals surface area contributed by atoms with Crippen LogP contribution in [0.4, 0.5) is 4.39 Å². The topological polar surface area (TPSA) is 95.0 Å². The van der Waals surface area contributed by atoms with Crippen LogP contribution < -0.4 is 5.14 Å². The van der Waals surface area contributed by atoms with Crippen LogP contribution in [-0.4, -0.2) is 29.7 Å². The van der Waals surface area contributed by atoms with Crippen LogP contribution in [0.1, 0.15) is 60.5 Å². The van der Waals surface area contributed by atoms with E-state index in [-0.39, 0.29) is 29.9 Å². The molecular formula is C25H27ClFN3O3S. The molecule has 1 heterocycles. The number of hydrogen-bond acceptors (Lipinski definition) is 4. The molecule has 6 nitrogen and oxygen atoms in total. The molecule has 2 N–H and O–H groups in total. The Kier molecular flexibility index (Phi) is 7.21. The van der Waals surface area contributed by atoms with Crippen LogP contribution in [-0.2, 0) is 27.7 Å². The summed E-state index contributed by atoms with van der Waals surface area (Å²) in [5, 5.41) is 10.4. The van der Waals surface area contributed by atoms with Crippen molar-refractivity contribution in [3.8, 4) is 5.69 Å². The zero-order chi connectivity index (χ0) is 24.5. The van der Waals surface area contributed by atoms with Crippen LogP contribution in [0.5, 0.6) is 0 Å². The fourth-order valence-electron chi connectivity index (χ4n) is 3.97. The lowest BCUT2D eigenvalue weighted by Gasteiger charge is -2.13. The normalized spacial score (nSPS) is 14.8. The third-order valence-electron chi connectivity index (χ3n) is 6.19. The summed E-state index contributed by atoms with van der Waals surface area (Å²) >= 11 is 6.17. The maximum Gasteiger partial charge on any atom is 0.209 e. The van der Waals surface area contributed by atoms with E-state index in [0.717, 1.165) is 29.9 Å². The van der Waals surface area contributed by atoms with Crippen LogP contribution in [0.15, 0.2) is 48.5 Å². The van der Waals surface area contributed by atoms with Crippen molar-refractivity contribution >= 4 is 27.4 Å². The molecule has 180 valence electrons.